The van der Waals surface area contributed by atoms with Gasteiger partial charge in [-0.3, -0.25) is 5.10 Å². The lowest BCUT2D eigenvalue weighted by Gasteiger charge is -2.13. The number of hydrogen-bond acceptors (Lipinski definition) is 4. The lowest BCUT2D eigenvalue weighted by atomic mass is 10.1. The first kappa shape index (κ1) is 14.9. The molecule has 2 N–H and O–H groups in total. The van der Waals surface area contributed by atoms with Crippen molar-refractivity contribution in [2.24, 2.45) is 5.92 Å². The molecule has 1 aliphatic carbocycles. The molecule has 1 aromatic carbocycles. The van der Waals surface area contributed by atoms with E-state index >= 15 is 0 Å². The van der Waals surface area contributed by atoms with Gasteiger partial charge in [-0.2, -0.15) is 5.10 Å². The molecule has 3 rings (SSSR count). The van der Waals surface area contributed by atoms with Gasteiger partial charge < -0.3 is 14.6 Å². The van der Waals surface area contributed by atoms with E-state index in [0.717, 1.165) is 10.0 Å². The standard InChI is InChI=1S/C15H15BrN2O4/c1-21-13-5-9(11-6-12(15(19)20)18-17-11)4-10(16)14(13)22-7-8-2-3-8/h4-6,8H,2-3,7H2,1H3,(H,17,18)(H,19,20). The van der Waals surface area contributed by atoms with Crippen LogP contribution in [0.25, 0.3) is 11.3 Å². The Hall–Kier alpha value is -2.02. The predicted molar refractivity (Wildman–Crippen MR) is 83.5 cm³/mol. The van der Waals surface area contributed by atoms with E-state index in [2.05, 4.69) is 26.1 Å². The maximum absolute atomic E-state index is 10.9. The molecule has 1 aromatic heterocycles. The number of methoxy groups -OCH3 is 1. The number of aromatic carboxylic acids is 1. The zero-order valence-electron chi connectivity index (χ0n) is 11.9. The average Bonchev–Trinajstić information content (AvgIpc) is 3.18. The molecule has 0 saturated heterocycles. The molecule has 1 saturated carbocycles. The molecule has 0 bridgehead atoms. The Balaban J connectivity index is 1.91. The molecule has 6 nitrogen and oxygen atoms in total. The minimum atomic E-state index is -1.05. The van der Waals surface area contributed by atoms with Gasteiger partial charge in [-0.05, 0) is 52.9 Å². The summed E-state index contributed by atoms with van der Waals surface area (Å²) in [6.45, 7) is 0.680. The molecule has 0 amide bonds. The highest BCUT2D eigenvalue weighted by molar-refractivity contribution is 9.10. The SMILES string of the molecule is COc1cc(-c2cc(C(=O)O)[nH]n2)cc(Br)c1OCC1CC1. The highest BCUT2D eigenvalue weighted by Gasteiger charge is 2.23. The molecule has 2 aromatic rings. The smallest absolute Gasteiger partial charge is 0.353 e. The summed E-state index contributed by atoms with van der Waals surface area (Å²) in [5.74, 6) is 0.840. The van der Waals surface area contributed by atoms with Gasteiger partial charge in [-0.25, -0.2) is 4.79 Å². The number of aromatic amines is 1. The lowest BCUT2D eigenvalue weighted by molar-refractivity contribution is 0.0690. The van der Waals surface area contributed by atoms with E-state index in [1.165, 1.54) is 18.9 Å². The van der Waals surface area contributed by atoms with Crippen molar-refractivity contribution >= 4 is 21.9 Å². The van der Waals surface area contributed by atoms with Crippen LogP contribution in [0.15, 0.2) is 22.7 Å². The van der Waals surface area contributed by atoms with Gasteiger partial charge in [0.05, 0.1) is 23.9 Å². The summed E-state index contributed by atoms with van der Waals surface area (Å²) >= 11 is 3.48. The largest absolute Gasteiger partial charge is 0.493 e. The number of aromatic nitrogens is 2. The van der Waals surface area contributed by atoms with Crippen molar-refractivity contribution in [1.82, 2.24) is 10.2 Å². The summed E-state index contributed by atoms with van der Waals surface area (Å²) in [5.41, 5.74) is 1.32. The molecule has 7 heteroatoms. The van der Waals surface area contributed by atoms with Crippen LogP contribution in [-0.4, -0.2) is 35.0 Å². The number of nitrogens with zero attached hydrogens (tertiary/aromatic N) is 1. The summed E-state index contributed by atoms with van der Waals surface area (Å²) in [4.78, 5) is 10.9. The molecule has 1 aliphatic rings. The zero-order valence-corrected chi connectivity index (χ0v) is 13.5. The van der Waals surface area contributed by atoms with E-state index < -0.39 is 5.97 Å². The Morgan fingerprint density at radius 1 is 1.45 bits per heavy atom. The Morgan fingerprint density at radius 2 is 2.23 bits per heavy atom. The minimum absolute atomic E-state index is 0.0409. The van der Waals surface area contributed by atoms with Crippen LogP contribution >= 0.6 is 15.9 Å². The molecule has 0 spiro atoms. The van der Waals surface area contributed by atoms with Crippen molar-refractivity contribution in [3.05, 3.63) is 28.4 Å². The van der Waals surface area contributed by atoms with Gasteiger partial charge in [0.2, 0.25) is 0 Å². The number of carboxylic acids is 1. The first-order chi connectivity index (χ1) is 10.6. The van der Waals surface area contributed by atoms with Gasteiger partial charge in [0.25, 0.3) is 0 Å². The fraction of sp³-hybridized carbons (Fsp3) is 0.333. The van der Waals surface area contributed by atoms with E-state index in [4.69, 9.17) is 14.6 Å². The molecular weight excluding hydrogens is 352 g/mol. The summed E-state index contributed by atoms with van der Waals surface area (Å²) < 4.78 is 12.0. The van der Waals surface area contributed by atoms with Gasteiger partial charge in [0.15, 0.2) is 11.5 Å². The molecule has 0 aliphatic heterocycles. The average molecular weight is 367 g/mol. The molecule has 116 valence electrons. The first-order valence-corrected chi connectivity index (χ1v) is 7.67. The van der Waals surface area contributed by atoms with Crippen molar-refractivity contribution in [2.75, 3.05) is 13.7 Å². The molecule has 1 heterocycles. The van der Waals surface area contributed by atoms with Crippen LogP contribution in [-0.2, 0) is 0 Å². The van der Waals surface area contributed by atoms with E-state index in [9.17, 15) is 4.79 Å². The fourth-order valence-corrected chi connectivity index (χ4v) is 2.63. The van der Waals surface area contributed by atoms with Crippen LogP contribution in [0.5, 0.6) is 11.5 Å². The first-order valence-electron chi connectivity index (χ1n) is 6.88. The predicted octanol–water partition coefficient (Wildman–Crippen LogP) is 3.33. The Bertz CT molecular complexity index is 710. The second-order valence-corrected chi connectivity index (χ2v) is 6.07. The molecule has 0 radical (unpaired) electrons. The van der Waals surface area contributed by atoms with Gasteiger partial charge in [0.1, 0.15) is 5.69 Å². The maximum Gasteiger partial charge on any atom is 0.353 e. The summed E-state index contributed by atoms with van der Waals surface area (Å²) in [6.07, 6.45) is 2.42. The number of benzene rings is 1. The summed E-state index contributed by atoms with van der Waals surface area (Å²) in [6, 6.07) is 5.11. The van der Waals surface area contributed by atoms with Crippen LogP contribution < -0.4 is 9.47 Å². The van der Waals surface area contributed by atoms with Gasteiger partial charge >= 0.3 is 5.97 Å². The number of carboxylic acid groups (broad SMARTS) is 1. The number of nitrogens with one attached hydrogen (secondary N) is 1. The second kappa shape index (κ2) is 6.00. The Kier molecular flexibility index (Phi) is 4.06. The third-order valence-electron chi connectivity index (χ3n) is 3.49. The molecular formula is C15H15BrN2O4. The van der Waals surface area contributed by atoms with Crippen molar-refractivity contribution in [3.8, 4) is 22.8 Å². The third-order valence-corrected chi connectivity index (χ3v) is 4.08. The van der Waals surface area contributed by atoms with Gasteiger partial charge in [0, 0.05) is 5.56 Å². The van der Waals surface area contributed by atoms with E-state index in [1.807, 2.05) is 6.07 Å². The van der Waals surface area contributed by atoms with E-state index in [0.29, 0.717) is 29.7 Å². The minimum Gasteiger partial charge on any atom is -0.493 e. The van der Waals surface area contributed by atoms with Crippen LogP contribution in [0.4, 0.5) is 0 Å². The molecule has 0 atom stereocenters. The van der Waals surface area contributed by atoms with Crippen LogP contribution in [0, 0.1) is 5.92 Å². The van der Waals surface area contributed by atoms with Crippen molar-refractivity contribution in [1.29, 1.82) is 0 Å². The normalized spacial score (nSPS) is 13.9. The number of hydrogen-bond donors (Lipinski definition) is 2. The lowest BCUT2D eigenvalue weighted by Crippen LogP contribution is -2.02. The maximum atomic E-state index is 10.9. The monoisotopic (exact) mass is 366 g/mol. The topological polar surface area (TPSA) is 84.4 Å². The van der Waals surface area contributed by atoms with Crippen molar-refractivity contribution in [3.63, 3.8) is 0 Å². The summed E-state index contributed by atoms with van der Waals surface area (Å²) in [7, 11) is 1.57. The highest BCUT2D eigenvalue weighted by atomic mass is 79.9. The number of halogens is 1. The number of rotatable bonds is 6. The number of H-pyrrole nitrogens is 1. The fourth-order valence-electron chi connectivity index (χ4n) is 2.07. The van der Waals surface area contributed by atoms with Crippen LogP contribution in [0.2, 0.25) is 0 Å². The van der Waals surface area contributed by atoms with Gasteiger partial charge in [-0.1, -0.05) is 0 Å². The Morgan fingerprint density at radius 3 is 2.82 bits per heavy atom. The number of carbonyl (C=O) groups is 1. The van der Waals surface area contributed by atoms with Crippen molar-refractivity contribution in [2.45, 2.75) is 12.8 Å². The van der Waals surface area contributed by atoms with E-state index in [1.54, 1.807) is 13.2 Å². The number of ether oxygens (including phenoxy) is 2. The van der Waals surface area contributed by atoms with Gasteiger partial charge in [-0.15, -0.1) is 0 Å². The van der Waals surface area contributed by atoms with Crippen molar-refractivity contribution < 1.29 is 19.4 Å². The molecule has 22 heavy (non-hydrogen) atoms. The third kappa shape index (κ3) is 3.09. The quantitative estimate of drug-likeness (QED) is 0.818. The Labute approximate surface area is 135 Å². The zero-order chi connectivity index (χ0) is 15.7. The second-order valence-electron chi connectivity index (χ2n) is 5.22. The molecule has 0 unspecified atom stereocenters. The molecule has 1 fully saturated rings. The van der Waals surface area contributed by atoms with Crippen LogP contribution in [0.1, 0.15) is 23.3 Å². The highest BCUT2D eigenvalue weighted by Crippen LogP contribution is 2.40. The van der Waals surface area contributed by atoms with E-state index in [-0.39, 0.29) is 5.69 Å². The summed E-state index contributed by atoms with van der Waals surface area (Å²) in [5, 5.41) is 15.4. The van der Waals surface area contributed by atoms with Crippen LogP contribution in [0.3, 0.4) is 0 Å².